The molecule has 2 rings (SSSR count). The zero-order valence-corrected chi connectivity index (χ0v) is 9.63. The molecular formula is C10H7ClF2O2S. The maximum atomic E-state index is 13.6. The van der Waals surface area contributed by atoms with Gasteiger partial charge in [-0.2, -0.15) is 0 Å². The molecule has 0 aromatic heterocycles. The lowest BCUT2D eigenvalue weighted by molar-refractivity contribution is 0.164. The van der Waals surface area contributed by atoms with Gasteiger partial charge in [0.2, 0.25) is 0 Å². The van der Waals surface area contributed by atoms with Crippen molar-refractivity contribution < 1.29 is 18.3 Å². The molecule has 6 heteroatoms. The summed E-state index contributed by atoms with van der Waals surface area (Å²) in [6.07, 6.45) is 0. The van der Waals surface area contributed by atoms with Crippen LogP contribution in [0.15, 0.2) is 16.9 Å². The molecule has 0 unspecified atom stereocenters. The normalized spacial score (nSPS) is 13.7. The molecule has 0 amide bonds. The van der Waals surface area contributed by atoms with Crippen LogP contribution < -0.4 is 9.47 Å². The fourth-order valence-electron chi connectivity index (χ4n) is 1.33. The van der Waals surface area contributed by atoms with Crippen LogP contribution in [0, 0.1) is 11.6 Å². The van der Waals surface area contributed by atoms with Crippen LogP contribution >= 0.6 is 23.4 Å². The number of benzene rings is 1. The van der Waals surface area contributed by atoms with Gasteiger partial charge >= 0.3 is 0 Å². The van der Waals surface area contributed by atoms with Crippen LogP contribution in [-0.2, 0) is 0 Å². The van der Waals surface area contributed by atoms with Gasteiger partial charge in [-0.15, -0.1) is 0 Å². The van der Waals surface area contributed by atoms with Crippen molar-refractivity contribution in [3.63, 3.8) is 0 Å². The molecule has 0 atom stereocenters. The molecular weight excluding hydrogens is 258 g/mol. The van der Waals surface area contributed by atoms with Crippen LogP contribution in [0.25, 0.3) is 0 Å². The van der Waals surface area contributed by atoms with Crippen LogP contribution in [-0.4, -0.2) is 13.2 Å². The Bertz CT molecular complexity index is 451. The van der Waals surface area contributed by atoms with Crippen molar-refractivity contribution in [2.75, 3.05) is 13.2 Å². The number of thioether (sulfide) groups is 1. The zero-order valence-electron chi connectivity index (χ0n) is 8.06. The Labute approximate surface area is 100 Å². The molecule has 0 radical (unpaired) electrons. The number of hydrogen-bond acceptors (Lipinski definition) is 3. The summed E-state index contributed by atoms with van der Waals surface area (Å²) in [7, 11) is 0. The average molecular weight is 265 g/mol. The first-order chi connectivity index (χ1) is 7.66. The van der Waals surface area contributed by atoms with E-state index in [1.165, 1.54) is 5.41 Å². The highest BCUT2D eigenvalue weighted by Gasteiger charge is 2.28. The van der Waals surface area contributed by atoms with Gasteiger partial charge in [0.15, 0.2) is 23.1 Å². The molecule has 0 saturated heterocycles. The van der Waals surface area contributed by atoms with Gasteiger partial charge in [0.05, 0.1) is 4.90 Å². The first kappa shape index (κ1) is 11.5. The maximum Gasteiger partial charge on any atom is 0.184 e. The molecule has 1 aliphatic rings. The standard InChI is InChI=1S/C10H7ClF2O2S/c1-2-16-10-7(13)6(12)5(11)8-9(10)15-4-3-14-8/h2H,1,3-4H2. The molecule has 1 aromatic carbocycles. The van der Waals surface area contributed by atoms with Gasteiger partial charge in [0.25, 0.3) is 0 Å². The van der Waals surface area contributed by atoms with Crippen LogP contribution in [0.3, 0.4) is 0 Å². The van der Waals surface area contributed by atoms with Crippen molar-refractivity contribution in [1.82, 2.24) is 0 Å². The summed E-state index contributed by atoms with van der Waals surface area (Å²) in [6.45, 7) is 3.98. The van der Waals surface area contributed by atoms with E-state index in [1.807, 2.05) is 0 Å². The van der Waals surface area contributed by atoms with Crippen LogP contribution in [0.1, 0.15) is 0 Å². The van der Waals surface area contributed by atoms with Crippen molar-refractivity contribution in [3.05, 3.63) is 28.6 Å². The quantitative estimate of drug-likeness (QED) is 0.600. The first-order valence-corrected chi connectivity index (χ1v) is 5.66. The predicted molar refractivity (Wildman–Crippen MR) is 58.4 cm³/mol. The van der Waals surface area contributed by atoms with Gasteiger partial charge in [-0.3, -0.25) is 0 Å². The van der Waals surface area contributed by atoms with Crippen molar-refractivity contribution in [2.45, 2.75) is 4.90 Å². The van der Waals surface area contributed by atoms with E-state index in [4.69, 9.17) is 21.1 Å². The maximum absolute atomic E-state index is 13.6. The molecule has 0 spiro atoms. The van der Waals surface area contributed by atoms with Crippen molar-refractivity contribution in [3.8, 4) is 11.5 Å². The number of hydrogen-bond donors (Lipinski definition) is 0. The van der Waals surface area contributed by atoms with E-state index in [9.17, 15) is 8.78 Å². The first-order valence-electron chi connectivity index (χ1n) is 4.40. The molecule has 1 aromatic rings. The smallest absolute Gasteiger partial charge is 0.184 e. The third-order valence-corrected chi connectivity index (χ3v) is 3.08. The second-order valence-electron chi connectivity index (χ2n) is 2.91. The molecule has 0 aliphatic carbocycles. The van der Waals surface area contributed by atoms with E-state index < -0.39 is 11.6 Å². The SMILES string of the molecule is C=CSc1c(F)c(F)c(Cl)c2c1OCCO2. The summed E-state index contributed by atoms with van der Waals surface area (Å²) in [5, 5.41) is 0.991. The molecule has 86 valence electrons. The Morgan fingerprint density at radius 1 is 1.19 bits per heavy atom. The van der Waals surface area contributed by atoms with Crippen LogP contribution in [0.4, 0.5) is 8.78 Å². The lowest BCUT2D eigenvalue weighted by Crippen LogP contribution is -2.17. The summed E-state index contributed by atoms with van der Waals surface area (Å²) in [5.41, 5.74) is 0. The fraction of sp³-hybridized carbons (Fsp3) is 0.200. The molecule has 0 saturated carbocycles. The Balaban J connectivity index is 2.67. The van der Waals surface area contributed by atoms with E-state index in [-0.39, 0.29) is 34.6 Å². The highest BCUT2D eigenvalue weighted by atomic mass is 35.5. The van der Waals surface area contributed by atoms with Crippen LogP contribution in [0.2, 0.25) is 5.02 Å². The number of halogens is 3. The molecule has 2 nitrogen and oxygen atoms in total. The molecule has 1 heterocycles. The topological polar surface area (TPSA) is 18.5 Å². The van der Waals surface area contributed by atoms with E-state index in [1.54, 1.807) is 0 Å². The minimum Gasteiger partial charge on any atom is -0.485 e. The monoisotopic (exact) mass is 264 g/mol. The number of ether oxygens (including phenoxy) is 2. The summed E-state index contributed by atoms with van der Waals surface area (Å²) < 4.78 is 37.4. The summed E-state index contributed by atoms with van der Waals surface area (Å²) >= 11 is 6.56. The van der Waals surface area contributed by atoms with E-state index in [0.29, 0.717) is 0 Å². The highest BCUT2D eigenvalue weighted by Crippen LogP contribution is 2.47. The third-order valence-electron chi connectivity index (χ3n) is 1.97. The second kappa shape index (κ2) is 4.51. The second-order valence-corrected chi connectivity index (χ2v) is 4.27. The Kier molecular flexibility index (Phi) is 3.25. The van der Waals surface area contributed by atoms with Crippen LogP contribution in [0.5, 0.6) is 11.5 Å². The molecule has 1 aliphatic heterocycles. The molecule has 0 fully saturated rings. The minimum absolute atomic E-state index is 0.00611. The number of fused-ring (bicyclic) bond motifs is 1. The summed E-state index contributed by atoms with van der Waals surface area (Å²) in [6, 6.07) is 0. The average Bonchev–Trinajstić information content (AvgIpc) is 2.32. The Morgan fingerprint density at radius 2 is 1.81 bits per heavy atom. The summed E-state index contributed by atoms with van der Waals surface area (Å²) in [4.78, 5) is 0.00611. The largest absolute Gasteiger partial charge is 0.485 e. The highest BCUT2D eigenvalue weighted by molar-refractivity contribution is 8.02. The van der Waals surface area contributed by atoms with Crippen molar-refractivity contribution in [1.29, 1.82) is 0 Å². The Hall–Kier alpha value is -0.940. The van der Waals surface area contributed by atoms with Crippen molar-refractivity contribution >= 4 is 23.4 Å². The van der Waals surface area contributed by atoms with Gasteiger partial charge < -0.3 is 9.47 Å². The fourth-order valence-corrected chi connectivity index (χ4v) is 2.18. The predicted octanol–water partition coefficient (Wildman–Crippen LogP) is 3.63. The van der Waals surface area contributed by atoms with Gasteiger partial charge in [0.1, 0.15) is 18.2 Å². The van der Waals surface area contributed by atoms with Gasteiger partial charge in [-0.05, 0) is 5.41 Å². The van der Waals surface area contributed by atoms with Gasteiger partial charge in [-0.25, -0.2) is 8.78 Å². The van der Waals surface area contributed by atoms with Crippen molar-refractivity contribution in [2.24, 2.45) is 0 Å². The summed E-state index contributed by atoms with van der Waals surface area (Å²) in [5.74, 6) is -1.98. The Morgan fingerprint density at radius 3 is 2.44 bits per heavy atom. The third kappa shape index (κ3) is 1.74. The van der Waals surface area contributed by atoms with Gasteiger partial charge in [0, 0.05) is 0 Å². The molecule has 0 bridgehead atoms. The zero-order chi connectivity index (χ0) is 11.7. The minimum atomic E-state index is -1.13. The van der Waals surface area contributed by atoms with E-state index in [0.717, 1.165) is 11.8 Å². The molecule has 16 heavy (non-hydrogen) atoms. The lowest BCUT2D eigenvalue weighted by Gasteiger charge is -2.22. The van der Waals surface area contributed by atoms with E-state index >= 15 is 0 Å². The van der Waals surface area contributed by atoms with E-state index in [2.05, 4.69) is 6.58 Å². The lowest BCUT2D eigenvalue weighted by atomic mass is 10.2. The molecule has 0 N–H and O–H groups in total. The van der Waals surface area contributed by atoms with Gasteiger partial charge in [-0.1, -0.05) is 29.9 Å². The number of rotatable bonds is 2.